The lowest BCUT2D eigenvalue weighted by atomic mass is 10.1. The lowest BCUT2D eigenvalue weighted by Crippen LogP contribution is -2.52. The van der Waals surface area contributed by atoms with E-state index in [1.165, 1.54) is 18.2 Å². The summed E-state index contributed by atoms with van der Waals surface area (Å²) in [5.41, 5.74) is -4.16. The minimum absolute atomic E-state index is 0.0206. The van der Waals surface area contributed by atoms with Gasteiger partial charge in [-0.2, -0.15) is 10.1 Å². The number of hydrogen-bond acceptors (Lipinski definition) is 4. The molecule has 1 atom stereocenters. The Bertz CT molecular complexity index is 675. The molecule has 132 valence electrons. The van der Waals surface area contributed by atoms with E-state index in [1.54, 1.807) is 0 Å². The number of nitrogens with zero attached hydrogens (tertiary/aromatic N) is 2. The van der Waals surface area contributed by atoms with Crippen LogP contribution in [0.2, 0.25) is 10.0 Å². The Morgan fingerprint density at radius 1 is 1.38 bits per heavy atom. The molecule has 1 amide bonds. The highest BCUT2D eigenvalue weighted by Gasteiger charge is 2.53. The highest BCUT2D eigenvalue weighted by molar-refractivity contribution is 6.35. The molecular formula is C13H10Cl2F4N2O3. The van der Waals surface area contributed by atoms with Crippen molar-refractivity contribution >= 4 is 34.8 Å². The van der Waals surface area contributed by atoms with Gasteiger partial charge < -0.3 is 9.84 Å². The summed E-state index contributed by atoms with van der Waals surface area (Å²) in [6.45, 7) is -0.851. The normalized spacial score (nSPS) is 20.7. The second-order valence-corrected chi connectivity index (χ2v) is 5.66. The van der Waals surface area contributed by atoms with Gasteiger partial charge in [0.05, 0.1) is 5.02 Å². The smallest absolute Gasteiger partial charge is 0.287 e. The zero-order chi connectivity index (χ0) is 18.1. The summed E-state index contributed by atoms with van der Waals surface area (Å²) in [4.78, 5) is 12.0. The summed E-state index contributed by atoms with van der Waals surface area (Å²) < 4.78 is 56.3. The summed E-state index contributed by atoms with van der Waals surface area (Å²) in [6, 6.07) is 4.06. The molecule has 1 aromatic carbocycles. The summed E-state index contributed by atoms with van der Waals surface area (Å²) in [5.74, 6) is -1.22. The molecule has 24 heavy (non-hydrogen) atoms. The molecule has 1 aliphatic heterocycles. The van der Waals surface area contributed by atoms with Gasteiger partial charge in [0.15, 0.2) is 6.61 Å². The number of hydrogen-bond donors (Lipinski definition) is 1. The molecular weight excluding hydrogens is 379 g/mol. The first kappa shape index (κ1) is 18.8. The van der Waals surface area contributed by atoms with E-state index in [0.717, 1.165) is 0 Å². The number of hydrazone groups is 1. The van der Waals surface area contributed by atoms with Crippen molar-refractivity contribution in [3.05, 3.63) is 28.2 Å². The monoisotopic (exact) mass is 388 g/mol. The standard InChI is InChI=1S/C13H10Cl2F4N2O3/c14-6-1-2-9(7(15)3-6)24-5-10(22)21-13(23,12(18)19)4-8(20-21)11(16)17/h1-3,11-12,23H,4-5H2. The zero-order valence-corrected chi connectivity index (χ0v) is 13.2. The highest BCUT2D eigenvalue weighted by Crippen LogP contribution is 2.33. The molecule has 1 heterocycles. The van der Waals surface area contributed by atoms with Crippen molar-refractivity contribution < 1.29 is 32.2 Å². The van der Waals surface area contributed by atoms with Crippen LogP contribution in [0, 0.1) is 0 Å². The summed E-state index contributed by atoms with van der Waals surface area (Å²) in [7, 11) is 0. The van der Waals surface area contributed by atoms with Crippen molar-refractivity contribution in [1.29, 1.82) is 0 Å². The first-order valence-electron chi connectivity index (χ1n) is 6.42. The van der Waals surface area contributed by atoms with Crippen molar-refractivity contribution in [1.82, 2.24) is 5.01 Å². The Morgan fingerprint density at radius 3 is 2.58 bits per heavy atom. The van der Waals surface area contributed by atoms with Gasteiger partial charge in [-0.05, 0) is 18.2 Å². The molecule has 5 nitrogen and oxygen atoms in total. The maximum atomic E-state index is 13.0. The average Bonchev–Trinajstić information content (AvgIpc) is 2.86. The largest absolute Gasteiger partial charge is 0.482 e. The Labute approximate surface area is 143 Å². The maximum Gasteiger partial charge on any atom is 0.287 e. The molecule has 2 rings (SSSR count). The van der Waals surface area contributed by atoms with Crippen LogP contribution in [-0.2, 0) is 4.79 Å². The number of carbonyl (C=O) groups excluding carboxylic acids is 1. The van der Waals surface area contributed by atoms with Gasteiger partial charge in [-0.3, -0.25) is 4.79 Å². The summed E-state index contributed by atoms with van der Waals surface area (Å²) in [5, 5.41) is 13.2. The lowest BCUT2D eigenvalue weighted by Gasteiger charge is -2.29. The zero-order valence-electron chi connectivity index (χ0n) is 11.7. The minimum atomic E-state index is -3.50. The van der Waals surface area contributed by atoms with Crippen LogP contribution in [-0.4, -0.2) is 46.9 Å². The predicted molar refractivity (Wildman–Crippen MR) is 77.8 cm³/mol. The van der Waals surface area contributed by atoms with E-state index < -0.39 is 43.2 Å². The molecule has 0 aliphatic carbocycles. The number of aliphatic hydroxyl groups is 1. The van der Waals surface area contributed by atoms with Gasteiger partial charge in [-0.1, -0.05) is 23.2 Å². The van der Waals surface area contributed by atoms with Gasteiger partial charge in [0.2, 0.25) is 5.72 Å². The predicted octanol–water partition coefficient (Wildman–Crippen LogP) is 3.18. The molecule has 11 heteroatoms. The Hall–Kier alpha value is -1.58. The number of halogens is 6. The summed E-state index contributed by atoms with van der Waals surface area (Å²) in [6.07, 6.45) is -7.84. The Kier molecular flexibility index (Phi) is 5.56. The van der Waals surface area contributed by atoms with Gasteiger partial charge in [0, 0.05) is 11.4 Å². The van der Waals surface area contributed by atoms with Crippen molar-refractivity contribution in [3.63, 3.8) is 0 Å². The van der Waals surface area contributed by atoms with E-state index in [0.29, 0.717) is 5.02 Å². The second-order valence-electron chi connectivity index (χ2n) is 4.82. The molecule has 1 aromatic rings. The minimum Gasteiger partial charge on any atom is -0.482 e. The van der Waals surface area contributed by atoms with Crippen LogP contribution in [0.5, 0.6) is 5.75 Å². The van der Waals surface area contributed by atoms with E-state index in [2.05, 4.69) is 5.10 Å². The van der Waals surface area contributed by atoms with E-state index in [9.17, 15) is 27.5 Å². The molecule has 1 N–H and O–H groups in total. The fourth-order valence-electron chi connectivity index (χ4n) is 1.95. The fourth-order valence-corrected chi connectivity index (χ4v) is 2.41. The number of carbonyl (C=O) groups is 1. The number of amides is 1. The van der Waals surface area contributed by atoms with E-state index in [1.807, 2.05) is 0 Å². The van der Waals surface area contributed by atoms with Crippen LogP contribution in [0.15, 0.2) is 23.3 Å². The van der Waals surface area contributed by atoms with Crippen molar-refractivity contribution in [2.45, 2.75) is 25.0 Å². The van der Waals surface area contributed by atoms with E-state index in [-0.39, 0.29) is 15.8 Å². The molecule has 0 saturated carbocycles. The quantitative estimate of drug-likeness (QED) is 0.788. The molecule has 0 aromatic heterocycles. The van der Waals surface area contributed by atoms with Crippen LogP contribution in [0.3, 0.4) is 0 Å². The van der Waals surface area contributed by atoms with Crippen LogP contribution in [0.25, 0.3) is 0 Å². The van der Waals surface area contributed by atoms with Gasteiger partial charge in [0.25, 0.3) is 18.8 Å². The van der Waals surface area contributed by atoms with Gasteiger partial charge in [0.1, 0.15) is 11.5 Å². The molecule has 0 bridgehead atoms. The fraction of sp³-hybridized carbons (Fsp3) is 0.385. The lowest BCUT2D eigenvalue weighted by molar-refractivity contribution is -0.193. The van der Waals surface area contributed by atoms with E-state index >= 15 is 0 Å². The second kappa shape index (κ2) is 7.12. The molecule has 0 spiro atoms. The summed E-state index contributed by atoms with van der Waals surface area (Å²) >= 11 is 11.5. The van der Waals surface area contributed by atoms with Gasteiger partial charge in [-0.15, -0.1) is 0 Å². The number of benzene rings is 1. The third-order valence-corrected chi connectivity index (χ3v) is 3.65. The molecule has 0 saturated heterocycles. The van der Waals surface area contributed by atoms with Crippen LogP contribution in [0.1, 0.15) is 6.42 Å². The molecule has 1 aliphatic rings. The first-order valence-corrected chi connectivity index (χ1v) is 7.17. The number of ether oxygens (including phenoxy) is 1. The topological polar surface area (TPSA) is 62.1 Å². The third kappa shape index (κ3) is 3.73. The SMILES string of the molecule is O=C(COc1ccc(Cl)cc1Cl)N1N=C(C(F)F)CC1(O)C(F)F. The maximum absolute atomic E-state index is 13.0. The highest BCUT2D eigenvalue weighted by atomic mass is 35.5. The van der Waals surface area contributed by atoms with E-state index in [4.69, 9.17) is 27.9 Å². The number of alkyl halides is 4. The Morgan fingerprint density at radius 2 is 2.04 bits per heavy atom. The van der Waals surface area contributed by atoms with Crippen LogP contribution < -0.4 is 4.74 Å². The van der Waals surface area contributed by atoms with Crippen molar-refractivity contribution in [2.24, 2.45) is 5.10 Å². The Balaban J connectivity index is 2.14. The average molecular weight is 389 g/mol. The first-order chi connectivity index (χ1) is 11.1. The van der Waals surface area contributed by atoms with Crippen LogP contribution >= 0.6 is 23.2 Å². The number of rotatable bonds is 5. The molecule has 0 radical (unpaired) electrons. The van der Waals surface area contributed by atoms with Crippen molar-refractivity contribution in [3.8, 4) is 5.75 Å². The third-order valence-electron chi connectivity index (χ3n) is 3.12. The van der Waals surface area contributed by atoms with Gasteiger partial charge in [-0.25, -0.2) is 17.6 Å². The molecule has 1 unspecified atom stereocenters. The molecule has 0 fully saturated rings. The van der Waals surface area contributed by atoms with Crippen LogP contribution in [0.4, 0.5) is 17.6 Å². The van der Waals surface area contributed by atoms with Crippen molar-refractivity contribution in [2.75, 3.05) is 6.61 Å². The van der Waals surface area contributed by atoms with Gasteiger partial charge >= 0.3 is 0 Å².